The standard InChI is InChI=1S/C12H17N3O2/c1-5-17-11(16)12(3,8-13)7-10-6-9(2)14-15(10)4/h6H,5,7H2,1-4H3. The third kappa shape index (κ3) is 2.84. The summed E-state index contributed by atoms with van der Waals surface area (Å²) in [5.74, 6) is -0.485. The highest BCUT2D eigenvalue weighted by atomic mass is 16.5. The topological polar surface area (TPSA) is 67.9 Å². The summed E-state index contributed by atoms with van der Waals surface area (Å²) in [4.78, 5) is 11.7. The van der Waals surface area contributed by atoms with Crippen LogP contribution in [0.15, 0.2) is 6.07 Å². The largest absolute Gasteiger partial charge is 0.465 e. The Morgan fingerprint density at radius 3 is 2.76 bits per heavy atom. The zero-order valence-corrected chi connectivity index (χ0v) is 10.6. The summed E-state index contributed by atoms with van der Waals surface area (Å²) in [6.45, 7) is 5.47. The third-order valence-electron chi connectivity index (χ3n) is 2.61. The second kappa shape index (κ2) is 5.00. The van der Waals surface area contributed by atoms with Crippen LogP contribution in [0.1, 0.15) is 25.2 Å². The number of nitrogens with zero attached hydrogens (tertiary/aromatic N) is 3. The first kappa shape index (κ1) is 13.2. The minimum absolute atomic E-state index is 0.278. The van der Waals surface area contributed by atoms with Gasteiger partial charge in [-0.15, -0.1) is 0 Å². The van der Waals surface area contributed by atoms with Crippen molar-refractivity contribution >= 4 is 5.97 Å². The molecule has 0 amide bonds. The minimum Gasteiger partial charge on any atom is -0.465 e. The van der Waals surface area contributed by atoms with E-state index in [0.29, 0.717) is 6.42 Å². The Labute approximate surface area is 101 Å². The van der Waals surface area contributed by atoms with Crippen LogP contribution in [0.25, 0.3) is 0 Å². The number of nitriles is 1. The van der Waals surface area contributed by atoms with E-state index in [4.69, 9.17) is 10.00 Å². The van der Waals surface area contributed by atoms with Gasteiger partial charge in [0.2, 0.25) is 0 Å². The van der Waals surface area contributed by atoms with E-state index >= 15 is 0 Å². The SMILES string of the molecule is CCOC(=O)C(C)(C#N)Cc1cc(C)nn1C. The van der Waals surface area contributed by atoms with Crippen molar-refractivity contribution in [1.29, 1.82) is 5.26 Å². The number of ether oxygens (including phenoxy) is 1. The van der Waals surface area contributed by atoms with Crippen molar-refractivity contribution in [3.8, 4) is 6.07 Å². The molecule has 0 aromatic carbocycles. The van der Waals surface area contributed by atoms with E-state index in [1.54, 1.807) is 25.6 Å². The average molecular weight is 235 g/mol. The number of esters is 1. The summed E-state index contributed by atoms with van der Waals surface area (Å²) in [5.41, 5.74) is 0.558. The fourth-order valence-electron chi connectivity index (χ4n) is 1.64. The Bertz CT molecular complexity index is 459. The van der Waals surface area contributed by atoms with E-state index in [1.807, 2.05) is 19.1 Å². The molecule has 0 spiro atoms. The zero-order valence-electron chi connectivity index (χ0n) is 10.6. The monoisotopic (exact) mass is 235 g/mol. The van der Waals surface area contributed by atoms with Crippen LogP contribution < -0.4 is 0 Å². The number of hydrogen-bond acceptors (Lipinski definition) is 4. The Balaban J connectivity index is 2.94. The highest BCUT2D eigenvalue weighted by molar-refractivity contribution is 5.79. The maximum atomic E-state index is 11.7. The van der Waals surface area contributed by atoms with Crippen molar-refractivity contribution in [2.45, 2.75) is 27.2 Å². The molecule has 0 saturated heterocycles. The van der Waals surface area contributed by atoms with Gasteiger partial charge in [-0.1, -0.05) is 0 Å². The number of aromatic nitrogens is 2. The number of rotatable bonds is 4. The minimum atomic E-state index is -1.16. The predicted molar refractivity (Wildman–Crippen MR) is 62.0 cm³/mol. The molecule has 0 aliphatic carbocycles. The van der Waals surface area contributed by atoms with Crippen LogP contribution in [0.5, 0.6) is 0 Å². The predicted octanol–water partition coefficient (Wildman–Crippen LogP) is 1.36. The van der Waals surface area contributed by atoms with Crippen LogP contribution in [0.3, 0.4) is 0 Å². The lowest BCUT2D eigenvalue weighted by Crippen LogP contribution is -2.31. The van der Waals surface area contributed by atoms with E-state index in [0.717, 1.165) is 11.4 Å². The maximum Gasteiger partial charge on any atom is 0.326 e. The van der Waals surface area contributed by atoms with Crippen molar-refractivity contribution < 1.29 is 9.53 Å². The van der Waals surface area contributed by atoms with Gasteiger partial charge in [-0.3, -0.25) is 9.48 Å². The fraction of sp³-hybridized carbons (Fsp3) is 0.583. The lowest BCUT2D eigenvalue weighted by molar-refractivity contribution is -0.151. The molecule has 1 unspecified atom stereocenters. The third-order valence-corrected chi connectivity index (χ3v) is 2.61. The van der Waals surface area contributed by atoms with Gasteiger partial charge in [-0.2, -0.15) is 10.4 Å². The molecule has 1 heterocycles. The first-order valence-corrected chi connectivity index (χ1v) is 5.51. The summed E-state index contributed by atoms with van der Waals surface area (Å²) < 4.78 is 6.61. The first-order chi connectivity index (χ1) is 7.92. The van der Waals surface area contributed by atoms with E-state index in [9.17, 15) is 4.79 Å². The van der Waals surface area contributed by atoms with Crippen LogP contribution in [-0.4, -0.2) is 22.4 Å². The molecule has 0 N–H and O–H groups in total. The summed E-state index contributed by atoms with van der Waals surface area (Å²) >= 11 is 0. The molecule has 92 valence electrons. The Morgan fingerprint density at radius 2 is 2.35 bits per heavy atom. The summed E-state index contributed by atoms with van der Waals surface area (Å²) in [7, 11) is 1.80. The molecule has 0 aliphatic rings. The van der Waals surface area contributed by atoms with Gasteiger partial charge >= 0.3 is 5.97 Å². The number of carbonyl (C=O) groups excluding carboxylic acids is 1. The van der Waals surface area contributed by atoms with Gasteiger partial charge in [0.15, 0.2) is 5.41 Å². The molecular weight excluding hydrogens is 218 g/mol. The van der Waals surface area contributed by atoms with E-state index in [2.05, 4.69) is 5.10 Å². The molecule has 5 heteroatoms. The molecule has 0 bridgehead atoms. The van der Waals surface area contributed by atoms with Crippen LogP contribution in [-0.2, 0) is 23.0 Å². The number of carbonyl (C=O) groups is 1. The lowest BCUT2D eigenvalue weighted by Gasteiger charge is -2.19. The Kier molecular flexibility index (Phi) is 3.89. The molecule has 1 aromatic heterocycles. The van der Waals surface area contributed by atoms with E-state index < -0.39 is 11.4 Å². The van der Waals surface area contributed by atoms with Gasteiger partial charge in [0.25, 0.3) is 0 Å². The first-order valence-electron chi connectivity index (χ1n) is 5.51. The molecule has 0 aliphatic heterocycles. The zero-order chi connectivity index (χ0) is 13.1. The average Bonchev–Trinajstić information content (AvgIpc) is 2.57. The van der Waals surface area contributed by atoms with Gasteiger partial charge in [0.05, 0.1) is 18.4 Å². The van der Waals surface area contributed by atoms with Crippen LogP contribution in [0.4, 0.5) is 0 Å². The van der Waals surface area contributed by atoms with Gasteiger partial charge < -0.3 is 4.74 Å². The van der Waals surface area contributed by atoms with Gasteiger partial charge in [-0.05, 0) is 26.8 Å². The highest BCUT2D eigenvalue weighted by Gasteiger charge is 2.36. The second-order valence-electron chi connectivity index (χ2n) is 4.24. The highest BCUT2D eigenvalue weighted by Crippen LogP contribution is 2.23. The lowest BCUT2D eigenvalue weighted by atomic mass is 9.87. The molecule has 0 radical (unpaired) electrons. The molecule has 1 rings (SSSR count). The quantitative estimate of drug-likeness (QED) is 0.739. The van der Waals surface area contributed by atoms with Gasteiger partial charge in [0.1, 0.15) is 0 Å². The Morgan fingerprint density at radius 1 is 1.71 bits per heavy atom. The Hall–Kier alpha value is -1.83. The van der Waals surface area contributed by atoms with Crippen LogP contribution in [0, 0.1) is 23.7 Å². The summed E-state index contributed by atoms with van der Waals surface area (Å²) in [5, 5.41) is 13.4. The maximum absolute atomic E-state index is 11.7. The molecule has 1 aromatic rings. The van der Waals surface area contributed by atoms with Gasteiger partial charge in [-0.25, -0.2) is 0 Å². The van der Waals surface area contributed by atoms with Crippen molar-refractivity contribution in [2.75, 3.05) is 6.61 Å². The van der Waals surface area contributed by atoms with Crippen molar-refractivity contribution in [2.24, 2.45) is 12.5 Å². The normalized spacial score (nSPS) is 13.8. The van der Waals surface area contributed by atoms with Crippen LogP contribution in [0.2, 0.25) is 0 Å². The van der Waals surface area contributed by atoms with Crippen molar-refractivity contribution in [3.05, 3.63) is 17.5 Å². The smallest absolute Gasteiger partial charge is 0.326 e. The van der Waals surface area contributed by atoms with Gasteiger partial charge in [0, 0.05) is 19.2 Å². The summed E-state index contributed by atoms with van der Waals surface area (Å²) in [6.07, 6.45) is 0.305. The van der Waals surface area contributed by atoms with Crippen molar-refractivity contribution in [3.63, 3.8) is 0 Å². The molecular formula is C12H17N3O2. The van der Waals surface area contributed by atoms with Crippen LogP contribution >= 0.6 is 0 Å². The number of hydrogen-bond donors (Lipinski definition) is 0. The molecule has 1 atom stereocenters. The molecule has 0 fully saturated rings. The molecule has 17 heavy (non-hydrogen) atoms. The van der Waals surface area contributed by atoms with E-state index in [-0.39, 0.29) is 6.61 Å². The summed E-state index contributed by atoms with van der Waals surface area (Å²) in [6, 6.07) is 3.90. The fourth-order valence-corrected chi connectivity index (χ4v) is 1.64. The number of aryl methyl sites for hydroxylation is 2. The van der Waals surface area contributed by atoms with Crippen molar-refractivity contribution in [1.82, 2.24) is 9.78 Å². The van der Waals surface area contributed by atoms with E-state index in [1.165, 1.54) is 0 Å². The molecule has 5 nitrogen and oxygen atoms in total. The molecule has 0 saturated carbocycles. The second-order valence-corrected chi connectivity index (χ2v) is 4.24.